The second-order valence-electron chi connectivity index (χ2n) is 1.09. The van der Waals surface area contributed by atoms with Gasteiger partial charge >= 0.3 is 0 Å². The molecule has 0 aliphatic carbocycles. The Kier molecular flexibility index (Phi) is 2.63. The Morgan fingerprint density at radius 3 is 2.33 bits per heavy atom. The van der Waals surface area contributed by atoms with E-state index in [1.807, 2.05) is 0 Å². The maximum atomic E-state index is 11.3. The Labute approximate surface area is 36.9 Å². The molecular weight excluding hydrogens is 81.0 g/mol. The quantitative estimate of drug-likeness (QED) is 0.426. The Hall–Kier alpha value is -0.400. The van der Waals surface area contributed by atoms with E-state index >= 15 is 0 Å². The van der Waals surface area contributed by atoms with Crippen molar-refractivity contribution in [2.45, 2.75) is 6.92 Å². The molecule has 0 aromatic carbocycles. The minimum absolute atomic E-state index is 0.420. The molecule has 36 valence electrons. The third-order valence-electron chi connectivity index (χ3n) is 0.575. The zero-order valence-electron chi connectivity index (χ0n) is 4.03. The van der Waals surface area contributed by atoms with Crippen molar-refractivity contribution in [3.63, 3.8) is 0 Å². The molecule has 0 spiro atoms. The van der Waals surface area contributed by atoms with E-state index in [1.54, 1.807) is 14.0 Å². The van der Waals surface area contributed by atoms with Crippen LogP contribution >= 0.6 is 0 Å². The molecule has 0 fully saturated rings. The summed E-state index contributed by atoms with van der Waals surface area (Å²) in [6, 6.07) is 0. The summed E-state index contributed by atoms with van der Waals surface area (Å²) >= 11 is 0. The van der Waals surface area contributed by atoms with Crippen LogP contribution in [0.4, 0.5) is 4.39 Å². The molecule has 0 aromatic rings. The lowest BCUT2D eigenvalue weighted by Crippen LogP contribution is -1.90. The molecule has 0 rings (SSSR count). The van der Waals surface area contributed by atoms with E-state index in [0.717, 1.165) is 0 Å². The normalized spacial score (nSPS) is 12.2. The third kappa shape index (κ3) is 1.88. The number of hydrogen-bond acceptors (Lipinski definition) is 1. The van der Waals surface area contributed by atoms with Gasteiger partial charge in [-0.15, -0.1) is 0 Å². The molecule has 2 heteroatoms. The molecule has 0 unspecified atom stereocenters. The summed E-state index contributed by atoms with van der Waals surface area (Å²) in [5.74, 6) is 0. The third-order valence-corrected chi connectivity index (χ3v) is 0.575. The highest BCUT2D eigenvalue weighted by atomic mass is 19.1. The van der Waals surface area contributed by atoms with Crippen LogP contribution < -0.4 is 0 Å². The number of hydrogen-bond donors (Lipinski definition) is 0. The second-order valence-corrected chi connectivity index (χ2v) is 1.09. The average molecular weight is 89.1 g/mol. The van der Waals surface area contributed by atoms with E-state index in [-0.39, 0.29) is 0 Å². The fourth-order valence-corrected chi connectivity index (χ4v) is 0.0598. The molecule has 0 saturated carbocycles. The van der Waals surface area contributed by atoms with Crippen molar-refractivity contribution in [3.8, 4) is 0 Å². The highest BCUT2D eigenvalue weighted by Crippen LogP contribution is 1.72. The molecule has 0 aliphatic rings. The predicted molar refractivity (Wildman–Crippen MR) is 25.0 cm³/mol. The first-order valence-corrected chi connectivity index (χ1v) is 1.79. The van der Waals surface area contributed by atoms with Gasteiger partial charge in [-0.3, -0.25) is 4.99 Å². The van der Waals surface area contributed by atoms with Gasteiger partial charge in [0, 0.05) is 12.8 Å². The highest BCUT2D eigenvalue weighted by Gasteiger charge is 1.79. The number of nitrogens with zero attached hydrogens (tertiary/aromatic N) is 1. The predicted octanol–water partition coefficient (Wildman–Crippen LogP) is 1.05. The second kappa shape index (κ2) is 2.82. The lowest BCUT2D eigenvalue weighted by Gasteiger charge is -1.81. The van der Waals surface area contributed by atoms with Gasteiger partial charge in [0.15, 0.2) is 0 Å². The number of alkyl halides is 1. The Morgan fingerprint density at radius 1 is 1.83 bits per heavy atom. The van der Waals surface area contributed by atoms with Crippen molar-refractivity contribution in [1.29, 1.82) is 0 Å². The van der Waals surface area contributed by atoms with Gasteiger partial charge in [0.1, 0.15) is 6.67 Å². The Morgan fingerprint density at radius 2 is 2.33 bits per heavy atom. The average Bonchev–Trinajstić information content (AvgIpc) is 1.65. The molecule has 0 atom stereocenters. The topological polar surface area (TPSA) is 12.4 Å². The van der Waals surface area contributed by atoms with Crippen molar-refractivity contribution >= 4 is 5.71 Å². The summed E-state index contributed by atoms with van der Waals surface area (Å²) in [7, 11) is 1.58. The molecular formula is C4H8FN. The summed E-state index contributed by atoms with van der Waals surface area (Å²) in [6.45, 7) is 1.23. The van der Waals surface area contributed by atoms with Crippen LogP contribution in [0.1, 0.15) is 6.92 Å². The van der Waals surface area contributed by atoms with Crippen LogP contribution in [0.25, 0.3) is 0 Å². The van der Waals surface area contributed by atoms with Gasteiger partial charge in [0.2, 0.25) is 0 Å². The molecule has 0 N–H and O–H groups in total. The lowest BCUT2D eigenvalue weighted by molar-refractivity contribution is 0.580. The first kappa shape index (κ1) is 5.60. The minimum atomic E-state index is -0.420. The van der Waals surface area contributed by atoms with E-state index in [2.05, 4.69) is 4.99 Å². The summed E-state index contributed by atoms with van der Waals surface area (Å²) < 4.78 is 11.3. The number of halogens is 1. The zero-order valence-corrected chi connectivity index (χ0v) is 4.03. The fourth-order valence-electron chi connectivity index (χ4n) is 0.0598. The molecule has 0 bridgehead atoms. The highest BCUT2D eigenvalue weighted by molar-refractivity contribution is 5.82. The van der Waals surface area contributed by atoms with Gasteiger partial charge in [-0.2, -0.15) is 0 Å². The minimum Gasteiger partial charge on any atom is -0.295 e. The van der Waals surface area contributed by atoms with Crippen molar-refractivity contribution in [2.75, 3.05) is 13.7 Å². The van der Waals surface area contributed by atoms with Gasteiger partial charge in [-0.1, -0.05) is 0 Å². The van der Waals surface area contributed by atoms with Crippen molar-refractivity contribution < 1.29 is 4.39 Å². The molecule has 0 saturated heterocycles. The molecule has 0 heterocycles. The van der Waals surface area contributed by atoms with E-state index in [4.69, 9.17) is 0 Å². The van der Waals surface area contributed by atoms with Crippen LogP contribution in [-0.2, 0) is 0 Å². The van der Waals surface area contributed by atoms with Crippen LogP contribution in [0, 0.1) is 0 Å². The molecule has 0 radical (unpaired) electrons. The van der Waals surface area contributed by atoms with Crippen LogP contribution in [0.2, 0.25) is 0 Å². The fraction of sp³-hybridized carbons (Fsp3) is 0.750. The van der Waals surface area contributed by atoms with Gasteiger partial charge < -0.3 is 0 Å². The van der Waals surface area contributed by atoms with E-state index in [0.29, 0.717) is 5.71 Å². The zero-order chi connectivity index (χ0) is 4.99. The maximum absolute atomic E-state index is 11.3. The SMILES string of the molecule is CN=C(C)CF. The van der Waals surface area contributed by atoms with Gasteiger partial charge in [-0.05, 0) is 6.92 Å². The molecule has 1 nitrogen and oxygen atoms in total. The van der Waals surface area contributed by atoms with E-state index < -0.39 is 6.67 Å². The maximum Gasteiger partial charge on any atom is 0.127 e. The summed E-state index contributed by atoms with van der Waals surface area (Å²) in [5, 5.41) is 0. The van der Waals surface area contributed by atoms with Crippen LogP contribution in [-0.4, -0.2) is 19.4 Å². The summed E-state index contributed by atoms with van der Waals surface area (Å²) in [4.78, 5) is 3.55. The molecule has 0 amide bonds. The first-order valence-electron chi connectivity index (χ1n) is 1.79. The Bertz CT molecular complexity index is 58.6. The van der Waals surface area contributed by atoms with E-state index in [9.17, 15) is 4.39 Å². The van der Waals surface area contributed by atoms with Crippen molar-refractivity contribution in [3.05, 3.63) is 0 Å². The smallest absolute Gasteiger partial charge is 0.127 e. The molecule has 0 aliphatic heterocycles. The Balaban J connectivity index is 3.22. The van der Waals surface area contributed by atoms with Gasteiger partial charge in [0.25, 0.3) is 0 Å². The largest absolute Gasteiger partial charge is 0.295 e. The van der Waals surface area contributed by atoms with Crippen molar-refractivity contribution in [1.82, 2.24) is 0 Å². The summed E-state index contributed by atoms with van der Waals surface area (Å²) in [6.07, 6.45) is 0. The molecule has 6 heavy (non-hydrogen) atoms. The van der Waals surface area contributed by atoms with Crippen LogP contribution in [0.3, 0.4) is 0 Å². The van der Waals surface area contributed by atoms with Crippen LogP contribution in [0.15, 0.2) is 4.99 Å². The standard InChI is InChI=1S/C4H8FN/c1-4(3-5)6-2/h3H2,1-2H3. The molecule has 0 aromatic heterocycles. The number of rotatable bonds is 1. The van der Waals surface area contributed by atoms with Crippen molar-refractivity contribution in [2.24, 2.45) is 4.99 Å². The lowest BCUT2D eigenvalue weighted by atomic mass is 10.5. The monoisotopic (exact) mass is 89.1 g/mol. The van der Waals surface area contributed by atoms with E-state index in [1.165, 1.54) is 0 Å². The van der Waals surface area contributed by atoms with Crippen LogP contribution in [0.5, 0.6) is 0 Å². The van der Waals surface area contributed by atoms with Gasteiger partial charge in [0.05, 0.1) is 0 Å². The first-order chi connectivity index (χ1) is 2.81. The van der Waals surface area contributed by atoms with Gasteiger partial charge in [-0.25, -0.2) is 4.39 Å². The summed E-state index contributed by atoms with van der Waals surface area (Å²) in [5.41, 5.74) is 0.551. The number of aliphatic imine (C=N–C) groups is 1.